The number of ether oxygens (including phenoxy) is 1. The van der Waals surface area contributed by atoms with Gasteiger partial charge in [0.1, 0.15) is 5.76 Å². The summed E-state index contributed by atoms with van der Waals surface area (Å²) in [4.78, 5) is 4.91. The van der Waals surface area contributed by atoms with Gasteiger partial charge >= 0.3 is 6.02 Å². The molecule has 0 bridgehead atoms. The topological polar surface area (TPSA) is 31.4 Å². The van der Waals surface area contributed by atoms with Crippen LogP contribution in [0.3, 0.4) is 0 Å². The molecule has 4 nitrogen and oxygen atoms in total. The number of allylic oxidation sites excluding steroid dienone is 3. The molecular weight excluding hydrogens is 490 g/mol. The number of rotatable bonds is 1. The molecule has 0 aliphatic carbocycles. The van der Waals surface area contributed by atoms with E-state index in [1.54, 1.807) is 0 Å². The van der Waals surface area contributed by atoms with Gasteiger partial charge in [-0.1, -0.05) is 104 Å². The van der Waals surface area contributed by atoms with E-state index in [9.17, 15) is 0 Å². The van der Waals surface area contributed by atoms with Crippen molar-refractivity contribution < 1.29 is 4.74 Å². The van der Waals surface area contributed by atoms with Crippen molar-refractivity contribution in [3.63, 3.8) is 0 Å². The van der Waals surface area contributed by atoms with Gasteiger partial charge in [-0.15, -0.1) is 0 Å². The Morgan fingerprint density at radius 3 is 2.00 bits per heavy atom. The fourth-order valence-electron chi connectivity index (χ4n) is 6.17. The highest BCUT2D eigenvalue weighted by Gasteiger charge is 2.25. The number of nitrogens with zero attached hydrogens (tertiary/aromatic N) is 3. The van der Waals surface area contributed by atoms with Crippen molar-refractivity contribution in [1.29, 1.82) is 0 Å². The van der Waals surface area contributed by atoms with Crippen molar-refractivity contribution in [2.24, 2.45) is 4.99 Å². The van der Waals surface area contributed by atoms with Crippen LogP contribution in [0.15, 0.2) is 145 Å². The second-order valence-electron chi connectivity index (χ2n) is 10.0. The van der Waals surface area contributed by atoms with Crippen LogP contribution in [0.2, 0.25) is 0 Å². The SMILES string of the molecule is C=C1/C=C\C=C/C/N=C(/n2c3ccccc3c3c2c2ccccc2c2c4ccccc4n(-c4ccccc4)c23)O1. The molecule has 1 aliphatic rings. The molecule has 2 aromatic heterocycles. The van der Waals surface area contributed by atoms with Gasteiger partial charge < -0.3 is 9.30 Å². The van der Waals surface area contributed by atoms with Crippen LogP contribution in [0, 0.1) is 0 Å². The zero-order valence-corrected chi connectivity index (χ0v) is 21.8. The van der Waals surface area contributed by atoms with E-state index in [0.717, 1.165) is 27.5 Å². The highest BCUT2D eigenvalue weighted by atomic mass is 16.5. The maximum atomic E-state index is 6.35. The minimum Gasteiger partial charge on any atom is -0.426 e. The van der Waals surface area contributed by atoms with Gasteiger partial charge in [0.15, 0.2) is 0 Å². The second-order valence-corrected chi connectivity index (χ2v) is 10.0. The van der Waals surface area contributed by atoms with E-state index in [4.69, 9.17) is 9.73 Å². The third-order valence-corrected chi connectivity index (χ3v) is 7.73. The Kier molecular flexibility index (Phi) is 5.01. The summed E-state index contributed by atoms with van der Waals surface area (Å²) in [5.41, 5.74) is 5.60. The predicted molar refractivity (Wildman–Crippen MR) is 167 cm³/mol. The molecule has 0 atom stereocenters. The van der Waals surface area contributed by atoms with Crippen LogP contribution in [-0.4, -0.2) is 21.7 Å². The molecule has 0 fully saturated rings. The maximum absolute atomic E-state index is 6.35. The van der Waals surface area contributed by atoms with Gasteiger partial charge in [0, 0.05) is 32.6 Å². The number of aromatic nitrogens is 2. The van der Waals surface area contributed by atoms with Gasteiger partial charge in [-0.3, -0.25) is 4.57 Å². The summed E-state index contributed by atoms with van der Waals surface area (Å²) in [5.74, 6) is 0.542. The maximum Gasteiger partial charge on any atom is 0.302 e. The third kappa shape index (κ3) is 3.23. The van der Waals surface area contributed by atoms with Crippen molar-refractivity contribution in [1.82, 2.24) is 9.13 Å². The molecule has 3 heterocycles. The van der Waals surface area contributed by atoms with Crippen molar-refractivity contribution >= 4 is 60.4 Å². The van der Waals surface area contributed by atoms with Gasteiger partial charge in [0.25, 0.3) is 0 Å². The Bertz CT molecular complexity index is 2230. The summed E-state index contributed by atoms with van der Waals surface area (Å²) < 4.78 is 10.9. The van der Waals surface area contributed by atoms with Gasteiger partial charge in [-0.05, 0) is 35.7 Å². The Balaban J connectivity index is 1.67. The fraction of sp³-hybridized carbons (Fsp3) is 0.0278. The largest absolute Gasteiger partial charge is 0.426 e. The van der Waals surface area contributed by atoms with E-state index in [1.807, 2.05) is 24.3 Å². The smallest absolute Gasteiger partial charge is 0.302 e. The van der Waals surface area contributed by atoms with E-state index in [-0.39, 0.29) is 0 Å². The molecule has 1 aliphatic heterocycles. The Labute approximate surface area is 231 Å². The molecule has 0 spiro atoms. The third-order valence-electron chi connectivity index (χ3n) is 7.73. The summed E-state index contributed by atoms with van der Waals surface area (Å²) in [5, 5.41) is 7.15. The molecule has 0 radical (unpaired) electrons. The van der Waals surface area contributed by atoms with E-state index in [1.165, 1.54) is 32.6 Å². The summed E-state index contributed by atoms with van der Waals surface area (Å²) in [6.45, 7) is 4.64. The molecule has 0 unspecified atom stereocenters. The van der Waals surface area contributed by atoms with Gasteiger partial charge in [0.2, 0.25) is 0 Å². The standard InChI is InChI=1S/C36H25N3O/c1-24-14-4-3-13-23-37-36(40-24)39-31-22-12-10-20-29(31)33-34(39)27-18-8-7-17-26(27)32-28-19-9-11-21-30(28)38(35(32)33)25-15-5-2-6-16-25/h2-22H,1,23H2/b13-3-,14-4-,37-36-. The first kappa shape index (κ1) is 22.6. The zero-order valence-electron chi connectivity index (χ0n) is 21.8. The lowest BCUT2D eigenvalue weighted by atomic mass is 9.99. The van der Waals surface area contributed by atoms with Crippen LogP contribution in [-0.2, 0) is 4.74 Å². The van der Waals surface area contributed by atoms with E-state index in [2.05, 4.69) is 119 Å². The number of aliphatic imine (C=N–C) groups is 1. The number of para-hydroxylation sites is 3. The number of benzene rings is 5. The minimum absolute atomic E-state index is 0.505. The van der Waals surface area contributed by atoms with Crippen molar-refractivity contribution in [3.8, 4) is 5.69 Å². The normalized spacial score (nSPS) is 17.0. The average Bonchev–Trinajstić information content (AvgIpc) is 3.55. The van der Waals surface area contributed by atoms with E-state index >= 15 is 0 Å². The number of hydrogen-bond acceptors (Lipinski definition) is 2. The molecule has 40 heavy (non-hydrogen) atoms. The van der Waals surface area contributed by atoms with Gasteiger partial charge in [-0.2, -0.15) is 0 Å². The first-order valence-corrected chi connectivity index (χ1v) is 13.5. The summed E-state index contributed by atoms with van der Waals surface area (Å²) >= 11 is 0. The summed E-state index contributed by atoms with van der Waals surface area (Å²) in [6.07, 6.45) is 7.80. The molecule has 5 aromatic carbocycles. The second kappa shape index (κ2) is 8.85. The van der Waals surface area contributed by atoms with Crippen molar-refractivity contribution in [2.45, 2.75) is 0 Å². The minimum atomic E-state index is 0.505. The Morgan fingerprint density at radius 1 is 0.600 bits per heavy atom. The van der Waals surface area contributed by atoms with Crippen LogP contribution in [0.25, 0.3) is 60.1 Å². The lowest BCUT2D eigenvalue weighted by molar-refractivity contribution is 0.418. The van der Waals surface area contributed by atoms with Crippen LogP contribution in [0.4, 0.5) is 0 Å². The van der Waals surface area contributed by atoms with E-state index in [0.29, 0.717) is 18.3 Å². The van der Waals surface area contributed by atoms with Crippen molar-refractivity contribution in [2.75, 3.05) is 6.54 Å². The molecule has 0 amide bonds. The lowest BCUT2D eigenvalue weighted by Gasteiger charge is -2.14. The zero-order chi connectivity index (χ0) is 26.6. The lowest BCUT2D eigenvalue weighted by Crippen LogP contribution is -2.16. The quantitative estimate of drug-likeness (QED) is 0.215. The summed E-state index contributed by atoms with van der Waals surface area (Å²) in [7, 11) is 0. The molecule has 7 aromatic rings. The summed E-state index contributed by atoms with van der Waals surface area (Å²) in [6, 6.07) is 37.1. The predicted octanol–water partition coefficient (Wildman–Crippen LogP) is 8.91. The number of hydrogen-bond donors (Lipinski definition) is 0. The first-order valence-electron chi connectivity index (χ1n) is 13.5. The molecule has 4 heteroatoms. The van der Waals surface area contributed by atoms with Crippen LogP contribution in [0.5, 0.6) is 0 Å². The van der Waals surface area contributed by atoms with Crippen LogP contribution < -0.4 is 0 Å². The Morgan fingerprint density at radius 2 is 1.23 bits per heavy atom. The highest BCUT2D eigenvalue weighted by Crippen LogP contribution is 2.45. The monoisotopic (exact) mass is 515 g/mol. The number of fused-ring (bicyclic) bond motifs is 10. The molecule has 8 rings (SSSR count). The van der Waals surface area contributed by atoms with Crippen LogP contribution >= 0.6 is 0 Å². The first-order chi connectivity index (χ1) is 19.8. The molecule has 0 saturated carbocycles. The van der Waals surface area contributed by atoms with Gasteiger partial charge in [0.05, 0.1) is 28.6 Å². The molecule has 0 N–H and O–H groups in total. The fourth-order valence-corrected chi connectivity index (χ4v) is 6.17. The molecular formula is C36H25N3O. The molecule has 0 saturated heterocycles. The van der Waals surface area contributed by atoms with E-state index < -0.39 is 0 Å². The Hall–Kier alpha value is -5.35. The van der Waals surface area contributed by atoms with Gasteiger partial charge in [-0.25, -0.2) is 4.99 Å². The average molecular weight is 516 g/mol. The van der Waals surface area contributed by atoms with Crippen LogP contribution in [0.1, 0.15) is 0 Å². The van der Waals surface area contributed by atoms with Crippen molar-refractivity contribution in [3.05, 3.63) is 140 Å². The highest BCUT2D eigenvalue weighted by molar-refractivity contribution is 6.37. The molecule has 190 valence electrons.